The summed E-state index contributed by atoms with van der Waals surface area (Å²) < 4.78 is 48.6. The maximum atomic E-state index is 11.1. The Labute approximate surface area is 312 Å². The Morgan fingerprint density at radius 2 is 0.843 bits per heavy atom. The molecule has 0 radical (unpaired) electrons. The molecule has 3 aromatic carbocycles. The van der Waals surface area contributed by atoms with Crippen LogP contribution >= 0.6 is 8.60 Å². The Morgan fingerprint density at radius 3 is 1.12 bits per heavy atom. The fourth-order valence-corrected chi connectivity index (χ4v) is 8.92. The van der Waals surface area contributed by atoms with Crippen molar-refractivity contribution in [2.24, 2.45) is 34.0 Å². The van der Waals surface area contributed by atoms with Crippen LogP contribution in [0.25, 0.3) is 0 Å². The van der Waals surface area contributed by atoms with Crippen molar-refractivity contribution >= 4 is 18.7 Å². The van der Waals surface area contributed by atoms with Crippen LogP contribution in [0.1, 0.15) is 102 Å². The molecule has 0 aliphatic heterocycles. The first-order valence-corrected chi connectivity index (χ1v) is 20.8. The van der Waals surface area contributed by atoms with Crippen molar-refractivity contribution in [1.82, 2.24) is 4.90 Å². The Bertz CT molecular complexity index is 1410. The standard InChI is InChI=1S/C24H51N.C18H15O6PS/c1-19(2)13-22(7,8)16-25(17-23(9,10)14-20(3)4)18-24(11,12)15-21(5)6;19-26(20,21)18-13-11-17(12-14-18)24-25(22-15-7-3-1-4-8-15)23-16-9-5-2-6-10-16/h19-21H,13-18H2,1-12H3;1-14H,(H,19,20,21). The first kappa shape index (κ1) is 44.5. The molecule has 3 aromatic rings. The molecule has 0 saturated carbocycles. The third-order valence-corrected chi connectivity index (χ3v) is 9.93. The summed E-state index contributed by atoms with van der Waals surface area (Å²) in [5.74, 6) is 3.79. The fraction of sp³-hybridized carbons (Fsp3) is 0.571. The van der Waals surface area contributed by atoms with Crippen LogP contribution in [-0.2, 0) is 10.1 Å². The maximum Gasteiger partial charge on any atom is 0.530 e. The van der Waals surface area contributed by atoms with Crippen molar-refractivity contribution in [1.29, 1.82) is 0 Å². The van der Waals surface area contributed by atoms with Crippen LogP contribution in [0.4, 0.5) is 0 Å². The van der Waals surface area contributed by atoms with Gasteiger partial charge in [0.05, 0.1) is 4.90 Å². The van der Waals surface area contributed by atoms with E-state index in [1.54, 1.807) is 24.3 Å². The minimum absolute atomic E-state index is 0.220. The lowest BCUT2D eigenvalue weighted by Gasteiger charge is -2.42. The Morgan fingerprint density at radius 1 is 0.549 bits per heavy atom. The summed E-state index contributed by atoms with van der Waals surface area (Å²) in [5, 5.41) is 0. The molecule has 0 fully saturated rings. The number of rotatable bonds is 19. The zero-order valence-electron chi connectivity index (χ0n) is 33.3. The topological polar surface area (TPSA) is 85.3 Å². The molecule has 0 saturated heterocycles. The van der Waals surface area contributed by atoms with E-state index in [2.05, 4.69) is 88.0 Å². The molecule has 0 unspecified atom stereocenters. The highest BCUT2D eigenvalue weighted by Crippen LogP contribution is 2.42. The highest BCUT2D eigenvalue weighted by molar-refractivity contribution is 7.85. The predicted octanol–water partition coefficient (Wildman–Crippen LogP) is 12.2. The molecular formula is C42H66NO6PS. The zero-order chi connectivity index (χ0) is 38.5. The lowest BCUT2D eigenvalue weighted by atomic mass is 9.78. The van der Waals surface area contributed by atoms with Gasteiger partial charge in [-0.05, 0) is 102 Å². The highest BCUT2D eigenvalue weighted by atomic mass is 32.2. The summed E-state index contributed by atoms with van der Waals surface area (Å²) in [4.78, 5) is 2.58. The van der Waals surface area contributed by atoms with Gasteiger partial charge in [0.2, 0.25) is 0 Å². The van der Waals surface area contributed by atoms with Gasteiger partial charge in [0.1, 0.15) is 17.2 Å². The summed E-state index contributed by atoms with van der Waals surface area (Å²) in [5.41, 5.74) is 1.15. The SMILES string of the molecule is CC(C)CC(C)(C)CN(CC(C)(C)CC(C)C)CC(C)(C)CC(C)C.O=S(=O)(O)c1ccc(OP(Oc2ccccc2)Oc2ccccc2)cc1. The molecule has 0 heterocycles. The average Bonchev–Trinajstić information content (AvgIpc) is 2.95. The van der Waals surface area contributed by atoms with Crippen LogP contribution in [0.3, 0.4) is 0 Å². The minimum Gasteiger partial charge on any atom is -0.409 e. The lowest BCUT2D eigenvalue weighted by molar-refractivity contribution is 0.0632. The van der Waals surface area contributed by atoms with E-state index in [4.69, 9.17) is 18.1 Å². The van der Waals surface area contributed by atoms with Crippen molar-refractivity contribution < 1.29 is 26.5 Å². The van der Waals surface area contributed by atoms with Crippen LogP contribution in [0.2, 0.25) is 0 Å². The molecular weight excluding hydrogens is 678 g/mol. The van der Waals surface area contributed by atoms with Gasteiger partial charge in [-0.2, -0.15) is 8.42 Å². The minimum atomic E-state index is -4.26. The number of nitrogens with zero attached hydrogens (tertiary/aromatic N) is 1. The molecule has 1 N–H and O–H groups in total. The molecule has 0 aliphatic rings. The van der Waals surface area contributed by atoms with Gasteiger partial charge in [0.25, 0.3) is 10.1 Å². The number of hydrogen-bond donors (Lipinski definition) is 1. The molecule has 7 nitrogen and oxygen atoms in total. The van der Waals surface area contributed by atoms with Gasteiger partial charge in [0.15, 0.2) is 0 Å². The molecule has 9 heteroatoms. The largest absolute Gasteiger partial charge is 0.530 e. The number of benzene rings is 3. The summed E-state index contributed by atoms with van der Waals surface area (Å²) in [6, 6.07) is 23.4. The van der Waals surface area contributed by atoms with Gasteiger partial charge in [-0.1, -0.05) is 119 Å². The van der Waals surface area contributed by atoms with Crippen molar-refractivity contribution in [3.05, 3.63) is 84.9 Å². The van der Waals surface area contributed by atoms with E-state index in [-0.39, 0.29) is 4.90 Å². The second-order valence-corrected chi connectivity index (χ2v) is 19.9. The van der Waals surface area contributed by atoms with Gasteiger partial charge in [-0.25, -0.2) is 0 Å². The van der Waals surface area contributed by atoms with Crippen molar-refractivity contribution in [2.75, 3.05) is 19.6 Å². The molecule has 3 rings (SSSR count). The van der Waals surface area contributed by atoms with Gasteiger partial charge in [0, 0.05) is 19.6 Å². The van der Waals surface area contributed by atoms with Crippen LogP contribution in [0, 0.1) is 34.0 Å². The third kappa shape index (κ3) is 19.1. The summed E-state index contributed by atoms with van der Waals surface area (Å²) >= 11 is 0. The van der Waals surface area contributed by atoms with Crippen molar-refractivity contribution in [3.63, 3.8) is 0 Å². The fourth-order valence-electron chi connectivity index (χ4n) is 7.44. The average molecular weight is 744 g/mol. The Hall–Kier alpha value is -2.64. The van der Waals surface area contributed by atoms with Gasteiger partial charge < -0.3 is 18.5 Å². The molecule has 51 heavy (non-hydrogen) atoms. The molecule has 0 aliphatic carbocycles. The first-order valence-electron chi connectivity index (χ1n) is 18.3. The molecule has 0 aromatic heterocycles. The third-order valence-electron chi connectivity index (χ3n) is 7.99. The van der Waals surface area contributed by atoms with Gasteiger partial charge in [-0.15, -0.1) is 0 Å². The molecule has 286 valence electrons. The second kappa shape index (κ2) is 20.0. The van der Waals surface area contributed by atoms with Crippen LogP contribution < -0.4 is 13.6 Å². The summed E-state index contributed by atoms with van der Waals surface area (Å²) in [7, 11) is -6.10. The van der Waals surface area contributed by atoms with Crippen molar-refractivity contribution in [2.45, 2.75) is 107 Å². The second-order valence-electron chi connectivity index (χ2n) is 17.5. The van der Waals surface area contributed by atoms with E-state index in [0.717, 1.165) is 17.8 Å². The predicted molar refractivity (Wildman–Crippen MR) is 214 cm³/mol. The summed E-state index contributed by atoms with van der Waals surface area (Å²) in [6.07, 6.45) is 3.91. The monoisotopic (exact) mass is 743 g/mol. The first-order chi connectivity index (χ1) is 23.5. The lowest BCUT2D eigenvalue weighted by Crippen LogP contribution is -2.45. The number of hydrogen-bond acceptors (Lipinski definition) is 6. The van der Waals surface area contributed by atoms with E-state index in [1.807, 2.05) is 36.4 Å². The van der Waals surface area contributed by atoms with E-state index in [9.17, 15) is 8.42 Å². The molecule has 0 amide bonds. The van der Waals surface area contributed by atoms with E-state index >= 15 is 0 Å². The van der Waals surface area contributed by atoms with Gasteiger partial charge >= 0.3 is 8.60 Å². The summed E-state index contributed by atoms with van der Waals surface area (Å²) in [6.45, 7) is 32.6. The molecule has 0 bridgehead atoms. The maximum absolute atomic E-state index is 11.1. The van der Waals surface area contributed by atoms with E-state index in [1.165, 1.54) is 63.2 Å². The van der Waals surface area contributed by atoms with E-state index < -0.39 is 18.7 Å². The number of para-hydroxylation sites is 2. The van der Waals surface area contributed by atoms with Gasteiger partial charge in [-0.3, -0.25) is 4.55 Å². The van der Waals surface area contributed by atoms with Crippen molar-refractivity contribution in [3.8, 4) is 17.2 Å². The molecule has 0 atom stereocenters. The van der Waals surface area contributed by atoms with Crippen LogP contribution in [0.15, 0.2) is 89.8 Å². The normalized spacial score (nSPS) is 12.7. The quantitative estimate of drug-likeness (QED) is 0.0966. The molecule has 0 spiro atoms. The Balaban J connectivity index is 0.000000354. The highest BCUT2D eigenvalue weighted by Gasteiger charge is 2.32. The zero-order valence-corrected chi connectivity index (χ0v) is 35.1. The van der Waals surface area contributed by atoms with Crippen LogP contribution in [-0.4, -0.2) is 37.5 Å². The van der Waals surface area contributed by atoms with E-state index in [0.29, 0.717) is 33.5 Å². The van der Waals surface area contributed by atoms with Crippen LogP contribution in [0.5, 0.6) is 17.2 Å². The Kier molecular flexibility index (Phi) is 17.4. The smallest absolute Gasteiger partial charge is 0.409 e.